The number of nitrogens with zero attached hydrogens (tertiary/aromatic N) is 1. The van der Waals surface area contributed by atoms with Gasteiger partial charge in [-0.15, -0.1) is 0 Å². The Hall–Kier alpha value is -0.800. The highest BCUT2D eigenvalue weighted by atomic mass is 79.9. The van der Waals surface area contributed by atoms with Crippen molar-refractivity contribution in [3.8, 4) is 0 Å². The lowest BCUT2D eigenvalue weighted by molar-refractivity contribution is 0.121. The van der Waals surface area contributed by atoms with Crippen molar-refractivity contribution in [3.63, 3.8) is 0 Å². The molecule has 1 aromatic heterocycles. The van der Waals surface area contributed by atoms with E-state index >= 15 is 0 Å². The molecule has 2 aliphatic rings. The quantitative estimate of drug-likeness (QED) is 0.797. The SMILES string of the molecule is CN1CC(CBr)C[C@H]2c3cccc4[nH]cc(c34)C[C@@H]21. The van der Waals surface area contributed by atoms with Crippen LogP contribution in [0.4, 0.5) is 0 Å². The van der Waals surface area contributed by atoms with Gasteiger partial charge in [-0.3, -0.25) is 0 Å². The maximum atomic E-state index is 3.68. The van der Waals surface area contributed by atoms with Gasteiger partial charge in [0.2, 0.25) is 0 Å². The zero-order chi connectivity index (χ0) is 13.0. The summed E-state index contributed by atoms with van der Waals surface area (Å²) in [6.07, 6.45) is 4.74. The average Bonchev–Trinajstić information content (AvgIpc) is 2.85. The summed E-state index contributed by atoms with van der Waals surface area (Å²) in [5, 5.41) is 2.63. The van der Waals surface area contributed by atoms with E-state index in [1.807, 2.05) is 0 Å². The summed E-state index contributed by atoms with van der Waals surface area (Å²) in [5.41, 5.74) is 4.40. The third-order valence-electron chi connectivity index (χ3n) is 5.03. The first-order valence-corrected chi connectivity index (χ1v) is 8.25. The molecule has 1 aliphatic carbocycles. The summed E-state index contributed by atoms with van der Waals surface area (Å²) < 4.78 is 0. The number of H-pyrrole nitrogens is 1. The minimum atomic E-state index is 0.684. The lowest BCUT2D eigenvalue weighted by Crippen LogP contribution is -2.48. The summed E-state index contributed by atoms with van der Waals surface area (Å²) in [4.78, 5) is 6.02. The molecule has 0 spiro atoms. The van der Waals surface area contributed by atoms with Gasteiger partial charge in [0.25, 0.3) is 0 Å². The first kappa shape index (κ1) is 12.0. The molecule has 1 N–H and O–H groups in total. The molecule has 19 heavy (non-hydrogen) atoms. The summed E-state index contributed by atoms with van der Waals surface area (Å²) in [7, 11) is 2.30. The van der Waals surface area contributed by atoms with E-state index in [2.05, 4.69) is 57.3 Å². The largest absolute Gasteiger partial charge is 0.361 e. The van der Waals surface area contributed by atoms with Crippen molar-refractivity contribution in [3.05, 3.63) is 35.5 Å². The molecule has 3 atom stereocenters. The summed E-state index contributed by atoms with van der Waals surface area (Å²) in [6, 6.07) is 7.44. The van der Waals surface area contributed by atoms with Gasteiger partial charge in [-0.25, -0.2) is 0 Å². The molecule has 1 fully saturated rings. The standard InChI is InChI=1S/C16H19BrN2/c1-19-9-10(7-17)5-13-12-3-2-4-14-16(12)11(8-18-14)6-15(13)19/h2-4,8,10,13,15,18H,5-7,9H2,1H3/t10?,13-,15-/m0/s1. The normalized spacial score (nSPS) is 30.5. The number of aromatic nitrogens is 1. The molecule has 0 amide bonds. The Bertz CT molecular complexity index is 618. The summed E-state index contributed by atoms with van der Waals surface area (Å²) >= 11 is 3.68. The van der Waals surface area contributed by atoms with Crippen molar-refractivity contribution < 1.29 is 0 Å². The number of hydrogen-bond donors (Lipinski definition) is 1. The van der Waals surface area contributed by atoms with Crippen molar-refractivity contribution in [2.45, 2.75) is 24.8 Å². The number of hydrogen-bond acceptors (Lipinski definition) is 1. The number of rotatable bonds is 1. The van der Waals surface area contributed by atoms with Crippen molar-refractivity contribution in [1.29, 1.82) is 0 Å². The van der Waals surface area contributed by atoms with E-state index in [1.54, 1.807) is 5.56 Å². The minimum absolute atomic E-state index is 0.684. The van der Waals surface area contributed by atoms with E-state index in [0.29, 0.717) is 12.0 Å². The molecule has 2 aromatic rings. The molecule has 4 rings (SSSR count). The fraction of sp³-hybridized carbons (Fsp3) is 0.500. The lowest BCUT2D eigenvalue weighted by Gasteiger charge is -2.45. The molecule has 1 unspecified atom stereocenters. The third-order valence-corrected chi connectivity index (χ3v) is 5.95. The van der Waals surface area contributed by atoms with Crippen molar-refractivity contribution >= 4 is 26.8 Å². The average molecular weight is 319 g/mol. The van der Waals surface area contributed by atoms with Crippen LogP contribution in [-0.4, -0.2) is 34.8 Å². The summed E-state index contributed by atoms with van der Waals surface area (Å²) in [5.74, 6) is 1.48. The molecule has 2 heterocycles. The number of likely N-dealkylation sites (N-methyl/N-ethyl adjacent to an activating group) is 1. The second-order valence-corrected chi connectivity index (χ2v) is 6.80. The van der Waals surface area contributed by atoms with Gasteiger partial charge in [0, 0.05) is 40.9 Å². The summed E-state index contributed by atoms with van der Waals surface area (Å²) in [6.45, 7) is 1.22. The Labute approximate surface area is 122 Å². The maximum Gasteiger partial charge on any atom is 0.0459 e. The molecule has 100 valence electrons. The van der Waals surface area contributed by atoms with E-state index in [4.69, 9.17) is 0 Å². The Kier molecular flexibility index (Phi) is 2.75. The number of likely N-dealkylation sites (tertiary alicyclic amines) is 1. The van der Waals surface area contributed by atoms with Crippen LogP contribution in [0, 0.1) is 5.92 Å². The van der Waals surface area contributed by atoms with E-state index in [0.717, 1.165) is 11.2 Å². The van der Waals surface area contributed by atoms with Crippen molar-refractivity contribution in [2.24, 2.45) is 5.92 Å². The molecule has 3 heteroatoms. The van der Waals surface area contributed by atoms with Crippen molar-refractivity contribution in [2.75, 3.05) is 18.9 Å². The van der Waals surface area contributed by atoms with Gasteiger partial charge in [0.1, 0.15) is 0 Å². The number of fused-ring (bicyclic) bond motifs is 2. The smallest absolute Gasteiger partial charge is 0.0459 e. The Balaban J connectivity index is 1.86. The molecule has 2 nitrogen and oxygen atoms in total. The predicted molar refractivity (Wildman–Crippen MR) is 83.1 cm³/mol. The number of benzene rings is 1. The molecule has 1 aromatic carbocycles. The van der Waals surface area contributed by atoms with Crippen LogP contribution in [-0.2, 0) is 6.42 Å². The van der Waals surface area contributed by atoms with Crippen LogP contribution in [0.1, 0.15) is 23.5 Å². The predicted octanol–water partition coefficient (Wildman–Crippen LogP) is 3.52. The molecule has 1 aliphatic heterocycles. The number of piperidine rings is 1. The van der Waals surface area contributed by atoms with Gasteiger partial charge in [-0.2, -0.15) is 0 Å². The number of alkyl halides is 1. The first-order valence-electron chi connectivity index (χ1n) is 7.13. The monoisotopic (exact) mass is 318 g/mol. The fourth-order valence-corrected chi connectivity index (χ4v) is 4.63. The van der Waals surface area contributed by atoms with E-state index in [1.165, 1.54) is 35.9 Å². The van der Waals surface area contributed by atoms with Crippen LogP contribution in [0.2, 0.25) is 0 Å². The third kappa shape index (κ3) is 1.71. The highest BCUT2D eigenvalue weighted by Crippen LogP contribution is 2.44. The second kappa shape index (κ2) is 4.35. The Morgan fingerprint density at radius 3 is 3.16 bits per heavy atom. The molecule has 1 saturated heterocycles. The van der Waals surface area contributed by atoms with Gasteiger partial charge in [-0.1, -0.05) is 28.1 Å². The van der Waals surface area contributed by atoms with Crippen LogP contribution >= 0.6 is 15.9 Å². The van der Waals surface area contributed by atoms with Gasteiger partial charge < -0.3 is 9.88 Å². The van der Waals surface area contributed by atoms with Crippen LogP contribution in [0.15, 0.2) is 24.4 Å². The Morgan fingerprint density at radius 2 is 2.32 bits per heavy atom. The maximum absolute atomic E-state index is 3.68. The molecule has 0 radical (unpaired) electrons. The minimum Gasteiger partial charge on any atom is -0.361 e. The molecule has 0 saturated carbocycles. The van der Waals surface area contributed by atoms with E-state index < -0.39 is 0 Å². The molecular weight excluding hydrogens is 300 g/mol. The second-order valence-electron chi connectivity index (χ2n) is 6.16. The fourth-order valence-electron chi connectivity index (χ4n) is 4.17. The number of halogens is 1. The van der Waals surface area contributed by atoms with E-state index in [9.17, 15) is 0 Å². The zero-order valence-corrected chi connectivity index (χ0v) is 12.8. The lowest BCUT2D eigenvalue weighted by atomic mass is 9.73. The highest BCUT2D eigenvalue weighted by Gasteiger charge is 2.38. The molecular formula is C16H19BrN2. The number of nitrogens with one attached hydrogen (secondary N) is 1. The van der Waals surface area contributed by atoms with Crippen LogP contribution in [0.5, 0.6) is 0 Å². The van der Waals surface area contributed by atoms with Crippen LogP contribution < -0.4 is 0 Å². The first-order chi connectivity index (χ1) is 9.28. The Morgan fingerprint density at radius 1 is 1.42 bits per heavy atom. The van der Waals surface area contributed by atoms with Gasteiger partial charge in [0.05, 0.1) is 0 Å². The van der Waals surface area contributed by atoms with Crippen molar-refractivity contribution in [1.82, 2.24) is 9.88 Å². The van der Waals surface area contributed by atoms with Gasteiger partial charge in [0.15, 0.2) is 0 Å². The van der Waals surface area contributed by atoms with Crippen LogP contribution in [0.3, 0.4) is 0 Å². The van der Waals surface area contributed by atoms with Crippen LogP contribution in [0.25, 0.3) is 10.9 Å². The molecule has 0 bridgehead atoms. The topological polar surface area (TPSA) is 19.0 Å². The highest BCUT2D eigenvalue weighted by molar-refractivity contribution is 9.09. The van der Waals surface area contributed by atoms with Gasteiger partial charge in [-0.05, 0) is 43.0 Å². The van der Waals surface area contributed by atoms with E-state index in [-0.39, 0.29) is 0 Å². The van der Waals surface area contributed by atoms with Gasteiger partial charge >= 0.3 is 0 Å². The number of aromatic amines is 1. The zero-order valence-electron chi connectivity index (χ0n) is 11.2.